The summed E-state index contributed by atoms with van der Waals surface area (Å²) >= 11 is 3.32. The van der Waals surface area contributed by atoms with E-state index in [1.54, 1.807) is 12.3 Å². The van der Waals surface area contributed by atoms with Gasteiger partial charge >= 0.3 is 0 Å². The summed E-state index contributed by atoms with van der Waals surface area (Å²) in [7, 11) is 0. The predicted octanol–water partition coefficient (Wildman–Crippen LogP) is 2.84. The maximum Gasteiger partial charge on any atom is 0.268 e. The number of rotatable bonds is 2. The largest absolute Gasteiger partial charge is 0.356 e. The lowest BCUT2D eigenvalue weighted by atomic mass is 10.0. The van der Waals surface area contributed by atoms with E-state index in [9.17, 15) is 4.79 Å². The van der Waals surface area contributed by atoms with Gasteiger partial charge in [-0.3, -0.25) is 4.79 Å². The molecule has 4 heteroatoms. The monoisotopic (exact) mass is 270 g/mol. The Kier molecular flexibility index (Phi) is 2.87. The molecule has 15 heavy (non-hydrogen) atoms. The topological polar surface area (TPSA) is 44.9 Å². The van der Waals surface area contributed by atoms with Gasteiger partial charge in [-0.15, -0.1) is 0 Å². The molecule has 82 valence electrons. The van der Waals surface area contributed by atoms with Gasteiger partial charge in [-0.05, 0) is 41.8 Å². The molecule has 3 nitrogen and oxygen atoms in total. The summed E-state index contributed by atoms with van der Waals surface area (Å²) in [6.07, 6.45) is 6.36. The maximum absolute atomic E-state index is 11.9. The number of aromatic nitrogens is 1. The highest BCUT2D eigenvalue weighted by Gasteiger charge is 2.30. The summed E-state index contributed by atoms with van der Waals surface area (Å²) in [6.45, 7) is 2.12. The number of carbonyl (C=O) groups is 1. The van der Waals surface area contributed by atoms with Crippen molar-refractivity contribution in [2.45, 2.75) is 38.1 Å². The molecule has 1 aliphatic carbocycles. The Hall–Kier alpha value is -0.770. The first kappa shape index (κ1) is 10.7. The molecule has 0 aromatic carbocycles. The highest BCUT2D eigenvalue weighted by molar-refractivity contribution is 9.10. The lowest BCUT2D eigenvalue weighted by Crippen LogP contribution is -2.43. The van der Waals surface area contributed by atoms with Crippen LogP contribution in [0, 0.1) is 0 Å². The minimum absolute atomic E-state index is 0.00529. The van der Waals surface area contributed by atoms with Crippen LogP contribution in [0.3, 0.4) is 0 Å². The second-order valence-corrected chi connectivity index (χ2v) is 5.37. The standard InChI is InChI=1S/C11H15BrN2O/c1-11(4-2-3-5-11)14-10(15)9-6-8(12)7-13-9/h6-7,13H,2-5H2,1H3,(H,14,15). The van der Waals surface area contributed by atoms with Crippen LogP contribution in [0.25, 0.3) is 0 Å². The van der Waals surface area contributed by atoms with Crippen molar-refractivity contribution < 1.29 is 4.79 Å². The maximum atomic E-state index is 11.9. The molecule has 0 unspecified atom stereocenters. The summed E-state index contributed by atoms with van der Waals surface area (Å²) in [5.41, 5.74) is 0.615. The number of hydrogen-bond acceptors (Lipinski definition) is 1. The second kappa shape index (κ2) is 4.00. The van der Waals surface area contributed by atoms with Crippen LogP contribution >= 0.6 is 15.9 Å². The zero-order valence-electron chi connectivity index (χ0n) is 8.77. The van der Waals surface area contributed by atoms with E-state index >= 15 is 0 Å². The number of amides is 1. The first-order chi connectivity index (χ1) is 7.09. The average molecular weight is 271 g/mol. The summed E-state index contributed by atoms with van der Waals surface area (Å²) in [6, 6.07) is 1.80. The van der Waals surface area contributed by atoms with E-state index in [0.717, 1.165) is 17.3 Å². The van der Waals surface area contributed by atoms with Crippen molar-refractivity contribution in [1.82, 2.24) is 10.3 Å². The molecule has 1 fully saturated rings. The summed E-state index contributed by atoms with van der Waals surface area (Å²) in [5.74, 6) is -0.00917. The van der Waals surface area contributed by atoms with Crippen LogP contribution in [-0.4, -0.2) is 16.4 Å². The SMILES string of the molecule is CC1(NC(=O)c2cc(Br)c[nH]2)CCCC1. The minimum Gasteiger partial charge on any atom is -0.356 e. The van der Waals surface area contributed by atoms with Gasteiger partial charge in [0.05, 0.1) is 0 Å². The van der Waals surface area contributed by atoms with Gasteiger partial charge in [0.15, 0.2) is 0 Å². The molecule has 1 amide bonds. The van der Waals surface area contributed by atoms with Crippen molar-refractivity contribution in [3.63, 3.8) is 0 Å². The quantitative estimate of drug-likeness (QED) is 0.853. The predicted molar refractivity (Wildman–Crippen MR) is 62.8 cm³/mol. The van der Waals surface area contributed by atoms with E-state index in [2.05, 4.69) is 33.2 Å². The van der Waals surface area contributed by atoms with Crippen molar-refractivity contribution in [2.75, 3.05) is 0 Å². The average Bonchev–Trinajstić information content (AvgIpc) is 2.75. The lowest BCUT2D eigenvalue weighted by Gasteiger charge is -2.24. The van der Waals surface area contributed by atoms with Gasteiger partial charge in [-0.2, -0.15) is 0 Å². The second-order valence-electron chi connectivity index (χ2n) is 4.45. The molecule has 0 spiro atoms. The molecule has 2 N–H and O–H groups in total. The van der Waals surface area contributed by atoms with Crippen LogP contribution in [0.5, 0.6) is 0 Å². The molecule has 1 heterocycles. The van der Waals surface area contributed by atoms with Gasteiger partial charge in [-0.25, -0.2) is 0 Å². The van der Waals surface area contributed by atoms with Crippen LogP contribution in [0.1, 0.15) is 43.1 Å². The lowest BCUT2D eigenvalue weighted by molar-refractivity contribution is 0.0903. The molecular formula is C11H15BrN2O. The first-order valence-corrected chi connectivity index (χ1v) is 6.05. The molecule has 1 aliphatic rings. The Morgan fingerprint density at radius 2 is 2.20 bits per heavy atom. The number of carbonyl (C=O) groups excluding carboxylic acids is 1. The zero-order chi connectivity index (χ0) is 10.9. The number of nitrogens with one attached hydrogen (secondary N) is 2. The number of halogens is 1. The van der Waals surface area contributed by atoms with Gasteiger partial charge < -0.3 is 10.3 Å². The van der Waals surface area contributed by atoms with E-state index in [0.29, 0.717) is 5.69 Å². The van der Waals surface area contributed by atoms with Crippen LogP contribution in [0.4, 0.5) is 0 Å². The van der Waals surface area contributed by atoms with E-state index in [4.69, 9.17) is 0 Å². The third-order valence-corrected chi connectivity index (χ3v) is 3.47. The minimum atomic E-state index is -0.00917. The van der Waals surface area contributed by atoms with Crippen molar-refractivity contribution >= 4 is 21.8 Å². The smallest absolute Gasteiger partial charge is 0.268 e. The fraction of sp³-hybridized carbons (Fsp3) is 0.545. The van der Waals surface area contributed by atoms with Gasteiger partial charge in [-0.1, -0.05) is 12.8 Å². The summed E-state index contributed by atoms with van der Waals surface area (Å²) in [4.78, 5) is 14.8. The van der Waals surface area contributed by atoms with Gasteiger partial charge in [0.1, 0.15) is 5.69 Å². The normalized spacial score (nSPS) is 19.1. The van der Waals surface area contributed by atoms with Crippen molar-refractivity contribution in [2.24, 2.45) is 0 Å². The van der Waals surface area contributed by atoms with E-state index in [-0.39, 0.29) is 11.4 Å². The van der Waals surface area contributed by atoms with Crippen molar-refractivity contribution in [3.8, 4) is 0 Å². The Balaban J connectivity index is 2.03. The van der Waals surface area contributed by atoms with Crippen LogP contribution in [0.2, 0.25) is 0 Å². The highest BCUT2D eigenvalue weighted by Crippen LogP contribution is 2.29. The van der Waals surface area contributed by atoms with Gasteiger partial charge in [0.25, 0.3) is 5.91 Å². The Morgan fingerprint density at radius 3 is 2.73 bits per heavy atom. The summed E-state index contributed by atoms with van der Waals surface area (Å²) in [5, 5.41) is 3.09. The zero-order valence-corrected chi connectivity index (χ0v) is 10.4. The third kappa shape index (κ3) is 2.43. The van der Waals surface area contributed by atoms with Crippen molar-refractivity contribution in [1.29, 1.82) is 0 Å². The first-order valence-electron chi connectivity index (χ1n) is 5.25. The Bertz CT molecular complexity index is 366. The van der Waals surface area contributed by atoms with E-state index < -0.39 is 0 Å². The molecule has 0 atom stereocenters. The Labute approximate surface area is 97.8 Å². The Morgan fingerprint density at radius 1 is 1.53 bits per heavy atom. The highest BCUT2D eigenvalue weighted by atomic mass is 79.9. The fourth-order valence-electron chi connectivity index (χ4n) is 2.12. The molecule has 1 saturated carbocycles. The van der Waals surface area contributed by atoms with Gasteiger partial charge in [0.2, 0.25) is 0 Å². The van der Waals surface area contributed by atoms with Crippen molar-refractivity contribution in [3.05, 3.63) is 22.4 Å². The van der Waals surface area contributed by atoms with Crippen LogP contribution in [0.15, 0.2) is 16.7 Å². The van der Waals surface area contributed by atoms with E-state index in [1.807, 2.05) is 0 Å². The summed E-state index contributed by atoms with van der Waals surface area (Å²) < 4.78 is 0.907. The van der Waals surface area contributed by atoms with Crippen LogP contribution in [-0.2, 0) is 0 Å². The van der Waals surface area contributed by atoms with Gasteiger partial charge in [0, 0.05) is 16.2 Å². The molecule has 1 aromatic heterocycles. The number of hydrogen-bond donors (Lipinski definition) is 2. The fourth-order valence-corrected chi connectivity index (χ4v) is 2.46. The van der Waals surface area contributed by atoms with E-state index in [1.165, 1.54) is 12.8 Å². The number of aromatic amines is 1. The molecule has 0 aliphatic heterocycles. The third-order valence-electron chi connectivity index (χ3n) is 3.01. The molecular weight excluding hydrogens is 256 g/mol. The van der Waals surface area contributed by atoms with Crippen LogP contribution < -0.4 is 5.32 Å². The molecule has 0 saturated heterocycles. The molecule has 2 rings (SSSR count). The molecule has 0 bridgehead atoms. The number of H-pyrrole nitrogens is 1. The molecule has 0 radical (unpaired) electrons. The molecule has 1 aromatic rings.